The van der Waals surface area contributed by atoms with E-state index in [9.17, 15) is 4.79 Å². The molecule has 0 bridgehead atoms. The molecule has 0 atom stereocenters. The van der Waals surface area contributed by atoms with Crippen molar-refractivity contribution in [2.24, 2.45) is 11.8 Å². The number of nitrogens with zero attached hydrogens (tertiary/aromatic N) is 1. The molecule has 0 amide bonds. The van der Waals surface area contributed by atoms with Gasteiger partial charge in [-0.05, 0) is 18.4 Å². The molecule has 90 valence electrons. The average Bonchev–Trinajstić information content (AvgIpc) is 2.21. The molecule has 3 rings (SSSR count). The van der Waals surface area contributed by atoms with Crippen LogP contribution in [0.4, 0.5) is 0 Å². The van der Waals surface area contributed by atoms with Crippen LogP contribution in [0.25, 0.3) is 0 Å². The standard InChI is InChI=1S/C15H19NO/c17-15(13-7-4-8-13)14-10-16(11-14)9-12-5-2-1-3-6-12/h1-3,5-6,13-14H,4,7-11H2. The second-order valence-electron chi connectivity index (χ2n) is 5.41. The Morgan fingerprint density at radius 2 is 1.82 bits per heavy atom. The molecular weight excluding hydrogens is 210 g/mol. The molecule has 0 spiro atoms. The summed E-state index contributed by atoms with van der Waals surface area (Å²) >= 11 is 0. The van der Waals surface area contributed by atoms with Crippen LogP contribution >= 0.6 is 0 Å². The third-order valence-corrected chi connectivity index (χ3v) is 4.12. The molecular formula is C15H19NO. The fraction of sp³-hybridized carbons (Fsp3) is 0.533. The van der Waals surface area contributed by atoms with Crippen LogP contribution < -0.4 is 0 Å². The number of carbonyl (C=O) groups is 1. The van der Waals surface area contributed by atoms with Gasteiger partial charge in [-0.15, -0.1) is 0 Å². The molecule has 1 saturated heterocycles. The average molecular weight is 229 g/mol. The predicted molar refractivity (Wildman–Crippen MR) is 67.6 cm³/mol. The number of hydrogen-bond acceptors (Lipinski definition) is 2. The molecule has 1 aromatic carbocycles. The van der Waals surface area contributed by atoms with Gasteiger partial charge in [0.2, 0.25) is 0 Å². The van der Waals surface area contributed by atoms with Crippen LogP contribution in [0, 0.1) is 11.8 Å². The lowest BCUT2D eigenvalue weighted by molar-refractivity contribution is -0.134. The molecule has 1 aromatic rings. The van der Waals surface area contributed by atoms with Gasteiger partial charge < -0.3 is 0 Å². The Morgan fingerprint density at radius 3 is 2.41 bits per heavy atom. The largest absolute Gasteiger partial charge is 0.299 e. The highest BCUT2D eigenvalue weighted by Crippen LogP contribution is 2.32. The van der Waals surface area contributed by atoms with E-state index in [1.807, 2.05) is 6.07 Å². The second-order valence-corrected chi connectivity index (χ2v) is 5.41. The molecule has 1 heterocycles. The molecule has 0 aromatic heterocycles. The summed E-state index contributed by atoms with van der Waals surface area (Å²) in [5.41, 5.74) is 1.35. The van der Waals surface area contributed by atoms with Gasteiger partial charge in [0.25, 0.3) is 0 Å². The maximum Gasteiger partial charge on any atom is 0.141 e. The van der Waals surface area contributed by atoms with E-state index in [1.165, 1.54) is 12.0 Å². The summed E-state index contributed by atoms with van der Waals surface area (Å²) in [6, 6.07) is 10.5. The highest BCUT2D eigenvalue weighted by atomic mass is 16.1. The van der Waals surface area contributed by atoms with Crippen molar-refractivity contribution < 1.29 is 4.79 Å². The Hall–Kier alpha value is -1.15. The van der Waals surface area contributed by atoms with Gasteiger partial charge in [0.05, 0.1) is 0 Å². The second kappa shape index (κ2) is 4.61. The predicted octanol–water partition coefficient (Wildman–Crippen LogP) is 2.49. The fourth-order valence-corrected chi connectivity index (χ4v) is 2.75. The van der Waals surface area contributed by atoms with Gasteiger partial charge in [0.15, 0.2) is 0 Å². The SMILES string of the molecule is O=C(C1CCC1)C1CN(Cc2ccccc2)C1. The lowest BCUT2D eigenvalue weighted by Crippen LogP contribution is -2.51. The number of carbonyl (C=O) groups excluding carboxylic acids is 1. The van der Waals surface area contributed by atoms with Crippen molar-refractivity contribution in [3.63, 3.8) is 0 Å². The normalized spacial score (nSPS) is 21.9. The van der Waals surface area contributed by atoms with E-state index < -0.39 is 0 Å². The van der Waals surface area contributed by atoms with Gasteiger partial charge in [-0.25, -0.2) is 0 Å². The Kier molecular flexibility index (Phi) is 2.98. The van der Waals surface area contributed by atoms with Gasteiger partial charge in [-0.2, -0.15) is 0 Å². The molecule has 1 aliphatic heterocycles. The fourth-order valence-electron chi connectivity index (χ4n) is 2.75. The highest BCUT2D eigenvalue weighted by molar-refractivity contribution is 5.85. The van der Waals surface area contributed by atoms with E-state index in [4.69, 9.17) is 0 Å². The topological polar surface area (TPSA) is 20.3 Å². The molecule has 2 aliphatic rings. The van der Waals surface area contributed by atoms with Crippen LogP contribution in [-0.4, -0.2) is 23.8 Å². The summed E-state index contributed by atoms with van der Waals surface area (Å²) in [5, 5.41) is 0. The van der Waals surface area contributed by atoms with E-state index in [1.54, 1.807) is 0 Å². The van der Waals surface area contributed by atoms with Gasteiger partial charge >= 0.3 is 0 Å². The molecule has 0 radical (unpaired) electrons. The first-order chi connectivity index (χ1) is 8.33. The number of benzene rings is 1. The zero-order valence-corrected chi connectivity index (χ0v) is 10.1. The van der Waals surface area contributed by atoms with Crippen molar-refractivity contribution in [2.45, 2.75) is 25.8 Å². The van der Waals surface area contributed by atoms with Gasteiger partial charge in [-0.3, -0.25) is 9.69 Å². The number of ketones is 1. The molecule has 1 saturated carbocycles. The van der Waals surface area contributed by atoms with Crippen LogP contribution in [0.2, 0.25) is 0 Å². The van der Waals surface area contributed by atoms with Crippen molar-refractivity contribution >= 4 is 5.78 Å². The van der Waals surface area contributed by atoms with Crippen LogP contribution in [-0.2, 0) is 11.3 Å². The van der Waals surface area contributed by atoms with Crippen LogP contribution in [0.15, 0.2) is 30.3 Å². The number of Topliss-reactive ketones (excluding diaryl/α,β-unsaturated/α-hetero) is 1. The highest BCUT2D eigenvalue weighted by Gasteiger charge is 2.37. The van der Waals surface area contributed by atoms with E-state index >= 15 is 0 Å². The number of hydrogen-bond donors (Lipinski definition) is 0. The summed E-state index contributed by atoms with van der Waals surface area (Å²) < 4.78 is 0. The lowest BCUT2D eigenvalue weighted by atomic mass is 9.76. The van der Waals surface area contributed by atoms with Crippen molar-refractivity contribution in [1.82, 2.24) is 4.90 Å². The van der Waals surface area contributed by atoms with Gasteiger partial charge in [0.1, 0.15) is 5.78 Å². The Bertz CT molecular complexity index is 391. The molecule has 1 aliphatic carbocycles. The van der Waals surface area contributed by atoms with Gasteiger partial charge in [-0.1, -0.05) is 36.8 Å². The molecule has 0 unspecified atom stereocenters. The van der Waals surface area contributed by atoms with Crippen molar-refractivity contribution in [2.75, 3.05) is 13.1 Å². The molecule has 2 heteroatoms. The van der Waals surface area contributed by atoms with E-state index in [0.717, 1.165) is 32.5 Å². The van der Waals surface area contributed by atoms with Crippen molar-refractivity contribution in [3.05, 3.63) is 35.9 Å². The Balaban J connectivity index is 1.47. The third-order valence-electron chi connectivity index (χ3n) is 4.12. The smallest absolute Gasteiger partial charge is 0.141 e. The zero-order valence-electron chi connectivity index (χ0n) is 10.1. The van der Waals surface area contributed by atoms with E-state index in [2.05, 4.69) is 29.2 Å². The minimum absolute atomic E-state index is 0.337. The van der Waals surface area contributed by atoms with E-state index in [0.29, 0.717) is 17.6 Å². The van der Waals surface area contributed by atoms with E-state index in [-0.39, 0.29) is 0 Å². The Labute approximate surface area is 103 Å². The van der Waals surface area contributed by atoms with Crippen molar-refractivity contribution in [1.29, 1.82) is 0 Å². The third kappa shape index (κ3) is 2.27. The first kappa shape index (κ1) is 11.0. The summed E-state index contributed by atoms with van der Waals surface area (Å²) in [6.45, 7) is 2.95. The maximum absolute atomic E-state index is 12.0. The summed E-state index contributed by atoms with van der Waals surface area (Å²) in [7, 11) is 0. The lowest BCUT2D eigenvalue weighted by Gasteiger charge is -2.41. The van der Waals surface area contributed by atoms with Crippen molar-refractivity contribution in [3.8, 4) is 0 Å². The maximum atomic E-state index is 12.0. The van der Waals surface area contributed by atoms with Crippen LogP contribution in [0.5, 0.6) is 0 Å². The monoisotopic (exact) mass is 229 g/mol. The summed E-state index contributed by atoms with van der Waals surface area (Å²) in [5.74, 6) is 1.29. The minimum atomic E-state index is 0.337. The molecule has 0 N–H and O–H groups in total. The first-order valence-corrected chi connectivity index (χ1v) is 6.63. The Morgan fingerprint density at radius 1 is 1.12 bits per heavy atom. The number of likely N-dealkylation sites (tertiary alicyclic amines) is 1. The molecule has 17 heavy (non-hydrogen) atoms. The quantitative estimate of drug-likeness (QED) is 0.790. The van der Waals surface area contributed by atoms with Gasteiger partial charge in [0, 0.05) is 31.5 Å². The summed E-state index contributed by atoms with van der Waals surface area (Å²) in [4.78, 5) is 14.4. The molecule has 2 fully saturated rings. The summed E-state index contributed by atoms with van der Waals surface area (Å²) in [6.07, 6.45) is 3.55. The minimum Gasteiger partial charge on any atom is -0.299 e. The van der Waals surface area contributed by atoms with Crippen LogP contribution in [0.3, 0.4) is 0 Å². The number of rotatable bonds is 4. The van der Waals surface area contributed by atoms with Crippen LogP contribution in [0.1, 0.15) is 24.8 Å². The molecule has 2 nitrogen and oxygen atoms in total. The zero-order chi connectivity index (χ0) is 11.7. The first-order valence-electron chi connectivity index (χ1n) is 6.63.